The molecule has 1 N–H and O–H groups in total. The van der Waals surface area contributed by atoms with Crippen LogP contribution in [0.15, 0.2) is 46.9 Å². The maximum absolute atomic E-state index is 5.46. The number of hydrogen-bond acceptors (Lipinski definition) is 4. The molecule has 5 nitrogen and oxygen atoms in total. The summed E-state index contributed by atoms with van der Waals surface area (Å²) >= 11 is 3.66. The number of benzene rings is 2. The van der Waals surface area contributed by atoms with Gasteiger partial charge in [0.05, 0.1) is 25.6 Å². The van der Waals surface area contributed by atoms with Gasteiger partial charge in [0.1, 0.15) is 17.3 Å². The van der Waals surface area contributed by atoms with Gasteiger partial charge in [-0.3, -0.25) is 0 Å². The predicted molar refractivity (Wildman–Crippen MR) is 111 cm³/mol. The molecule has 0 radical (unpaired) electrons. The van der Waals surface area contributed by atoms with Crippen LogP contribution >= 0.6 is 15.9 Å². The van der Waals surface area contributed by atoms with Gasteiger partial charge in [-0.15, -0.1) is 0 Å². The van der Waals surface area contributed by atoms with E-state index in [1.165, 1.54) is 5.56 Å². The van der Waals surface area contributed by atoms with Gasteiger partial charge in [-0.2, -0.15) is 5.10 Å². The second kappa shape index (κ2) is 7.64. The topological polar surface area (TPSA) is 48.3 Å². The van der Waals surface area contributed by atoms with Gasteiger partial charge in [0.2, 0.25) is 0 Å². The first-order valence-electron chi connectivity index (χ1n) is 9.05. The van der Waals surface area contributed by atoms with E-state index in [1.807, 2.05) is 41.1 Å². The minimum Gasteiger partial charge on any atom is -0.497 e. The SMILES string of the molecule is COc1cc(OC)cc(-c2nn(-c3ccccc3Br)c3c2CCCCN3)c1. The summed E-state index contributed by atoms with van der Waals surface area (Å²) in [6.45, 7) is 0.948. The van der Waals surface area contributed by atoms with Crippen LogP contribution in [0.4, 0.5) is 5.82 Å². The lowest BCUT2D eigenvalue weighted by Gasteiger charge is -2.10. The molecular formula is C21H22BrN3O2. The highest BCUT2D eigenvalue weighted by atomic mass is 79.9. The van der Waals surface area contributed by atoms with E-state index in [-0.39, 0.29) is 0 Å². The van der Waals surface area contributed by atoms with Crippen LogP contribution in [0.25, 0.3) is 16.9 Å². The van der Waals surface area contributed by atoms with Crippen molar-refractivity contribution in [2.75, 3.05) is 26.1 Å². The van der Waals surface area contributed by atoms with Crippen LogP contribution in [-0.4, -0.2) is 30.5 Å². The Labute approximate surface area is 167 Å². The van der Waals surface area contributed by atoms with E-state index in [9.17, 15) is 0 Å². The van der Waals surface area contributed by atoms with E-state index in [2.05, 4.69) is 27.3 Å². The van der Waals surface area contributed by atoms with E-state index in [0.29, 0.717) is 0 Å². The number of ether oxygens (including phenoxy) is 2. The molecule has 2 aromatic carbocycles. The van der Waals surface area contributed by atoms with Crippen molar-refractivity contribution in [1.29, 1.82) is 0 Å². The van der Waals surface area contributed by atoms with Gasteiger partial charge in [-0.25, -0.2) is 4.68 Å². The number of fused-ring (bicyclic) bond motifs is 1. The molecule has 0 saturated carbocycles. The second-order valence-electron chi connectivity index (χ2n) is 6.52. The van der Waals surface area contributed by atoms with Gasteiger partial charge in [-0.05, 0) is 59.5 Å². The van der Waals surface area contributed by atoms with Crippen LogP contribution in [0.1, 0.15) is 18.4 Å². The number of aromatic nitrogens is 2. The number of methoxy groups -OCH3 is 2. The number of anilines is 1. The summed E-state index contributed by atoms with van der Waals surface area (Å²) in [7, 11) is 3.33. The van der Waals surface area contributed by atoms with E-state index in [0.717, 1.165) is 64.5 Å². The third-order valence-electron chi connectivity index (χ3n) is 4.84. The Kier molecular flexibility index (Phi) is 5.07. The standard InChI is InChI=1S/C21H22BrN3O2/c1-26-15-11-14(12-16(13-15)27-2)20-17-7-5-6-10-23-21(17)25(24-20)19-9-4-3-8-18(19)22/h3-4,8-9,11-13,23H,5-7,10H2,1-2H3. The fourth-order valence-corrected chi connectivity index (χ4v) is 3.93. The van der Waals surface area contributed by atoms with Crippen LogP contribution in [-0.2, 0) is 6.42 Å². The molecule has 0 spiro atoms. The normalized spacial score (nSPS) is 13.4. The first-order valence-corrected chi connectivity index (χ1v) is 9.84. The van der Waals surface area contributed by atoms with Crippen molar-refractivity contribution in [3.05, 3.63) is 52.5 Å². The molecule has 1 aliphatic rings. The highest BCUT2D eigenvalue weighted by Crippen LogP contribution is 2.38. The van der Waals surface area contributed by atoms with Crippen LogP contribution in [0, 0.1) is 0 Å². The quantitative estimate of drug-likeness (QED) is 0.631. The molecule has 2 heterocycles. The lowest BCUT2D eigenvalue weighted by molar-refractivity contribution is 0.394. The monoisotopic (exact) mass is 427 g/mol. The molecule has 1 aliphatic heterocycles. The second-order valence-corrected chi connectivity index (χ2v) is 7.38. The molecule has 0 aliphatic carbocycles. The number of nitrogens with one attached hydrogen (secondary N) is 1. The Morgan fingerprint density at radius 3 is 2.48 bits per heavy atom. The summed E-state index contributed by atoms with van der Waals surface area (Å²) in [5.74, 6) is 2.58. The summed E-state index contributed by atoms with van der Waals surface area (Å²) < 4.78 is 13.9. The molecule has 0 fully saturated rings. The Hall–Kier alpha value is -2.47. The van der Waals surface area contributed by atoms with E-state index in [4.69, 9.17) is 14.6 Å². The molecule has 0 bridgehead atoms. The highest BCUT2D eigenvalue weighted by molar-refractivity contribution is 9.10. The Morgan fingerprint density at radius 2 is 1.78 bits per heavy atom. The van der Waals surface area contributed by atoms with Gasteiger partial charge in [0.25, 0.3) is 0 Å². The summed E-state index contributed by atoms with van der Waals surface area (Å²) in [4.78, 5) is 0. The molecule has 4 rings (SSSR count). The Bertz CT molecular complexity index is 946. The zero-order valence-electron chi connectivity index (χ0n) is 15.5. The van der Waals surface area contributed by atoms with Crippen molar-refractivity contribution in [3.63, 3.8) is 0 Å². The molecule has 3 aromatic rings. The van der Waals surface area contributed by atoms with Gasteiger partial charge in [0, 0.05) is 28.2 Å². The van der Waals surface area contributed by atoms with Crippen LogP contribution in [0.2, 0.25) is 0 Å². The van der Waals surface area contributed by atoms with Crippen LogP contribution in [0.3, 0.4) is 0 Å². The Balaban J connectivity index is 1.93. The lowest BCUT2D eigenvalue weighted by Crippen LogP contribution is -2.07. The third-order valence-corrected chi connectivity index (χ3v) is 5.51. The fraction of sp³-hybridized carbons (Fsp3) is 0.286. The van der Waals surface area contributed by atoms with Crippen LogP contribution < -0.4 is 14.8 Å². The molecule has 6 heteroatoms. The zero-order chi connectivity index (χ0) is 18.8. The largest absolute Gasteiger partial charge is 0.497 e. The molecule has 140 valence electrons. The van der Waals surface area contributed by atoms with E-state index in [1.54, 1.807) is 14.2 Å². The highest BCUT2D eigenvalue weighted by Gasteiger charge is 2.23. The number of hydrogen-bond donors (Lipinski definition) is 1. The van der Waals surface area contributed by atoms with Crippen LogP contribution in [0.5, 0.6) is 11.5 Å². The predicted octanol–water partition coefficient (Wildman–Crippen LogP) is 5.07. The fourth-order valence-electron chi connectivity index (χ4n) is 3.48. The molecular weight excluding hydrogens is 406 g/mol. The Morgan fingerprint density at radius 1 is 1.04 bits per heavy atom. The van der Waals surface area contributed by atoms with Crippen molar-refractivity contribution in [1.82, 2.24) is 9.78 Å². The lowest BCUT2D eigenvalue weighted by atomic mass is 10.0. The molecule has 27 heavy (non-hydrogen) atoms. The first-order chi connectivity index (χ1) is 13.2. The average Bonchev–Trinajstić information content (AvgIpc) is 2.88. The maximum Gasteiger partial charge on any atom is 0.133 e. The third kappa shape index (κ3) is 3.41. The average molecular weight is 428 g/mol. The van der Waals surface area contributed by atoms with Gasteiger partial charge in [0.15, 0.2) is 0 Å². The summed E-state index contributed by atoms with van der Waals surface area (Å²) in [6.07, 6.45) is 3.27. The summed E-state index contributed by atoms with van der Waals surface area (Å²) in [5.41, 5.74) is 4.21. The summed E-state index contributed by atoms with van der Waals surface area (Å²) in [5, 5.41) is 8.58. The smallest absolute Gasteiger partial charge is 0.133 e. The number of nitrogens with zero attached hydrogens (tertiary/aromatic N) is 2. The maximum atomic E-state index is 5.46. The minimum absolute atomic E-state index is 0.759. The zero-order valence-corrected chi connectivity index (χ0v) is 17.0. The van der Waals surface area contributed by atoms with Crippen molar-refractivity contribution < 1.29 is 9.47 Å². The minimum atomic E-state index is 0.759. The van der Waals surface area contributed by atoms with Crippen molar-refractivity contribution in [3.8, 4) is 28.4 Å². The molecule has 0 atom stereocenters. The van der Waals surface area contributed by atoms with Gasteiger partial charge >= 0.3 is 0 Å². The van der Waals surface area contributed by atoms with E-state index >= 15 is 0 Å². The van der Waals surface area contributed by atoms with Crippen molar-refractivity contribution >= 4 is 21.7 Å². The molecule has 0 unspecified atom stereocenters. The number of para-hydroxylation sites is 1. The van der Waals surface area contributed by atoms with Gasteiger partial charge in [-0.1, -0.05) is 12.1 Å². The molecule has 1 aromatic heterocycles. The van der Waals surface area contributed by atoms with E-state index < -0.39 is 0 Å². The van der Waals surface area contributed by atoms with Crippen molar-refractivity contribution in [2.45, 2.75) is 19.3 Å². The number of halogens is 1. The van der Waals surface area contributed by atoms with Gasteiger partial charge < -0.3 is 14.8 Å². The summed E-state index contributed by atoms with van der Waals surface area (Å²) in [6, 6.07) is 14.1. The molecule has 0 amide bonds. The van der Waals surface area contributed by atoms with Crippen molar-refractivity contribution in [2.24, 2.45) is 0 Å². The molecule has 0 saturated heterocycles. The first kappa shape index (κ1) is 17.9. The number of rotatable bonds is 4.